The molecule has 0 saturated carbocycles. The molecule has 0 atom stereocenters. The lowest BCUT2D eigenvalue weighted by Crippen LogP contribution is -2.01. The molecule has 2 rings (SSSR count). The first kappa shape index (κ1) is 13.9. The molecule has 0 aliphatic rings. The van der Waals surface area contributed by atoms with Crippen LogP contribution in [0.15, 0.2) is 18.2 Å². The molecule has 0 N–H and O–H groups in total. The summed E-state index contributed by atoms with van der Waals surface area (Å²) in [5.74, 6) is 0.441. The van der Waals surface area contributed by atoms with Gasteiger partial charge in [0.15, 0.2) is 0 Å². The van der Waals surface area contributed by atoms with Gasteiger partial charge in [-0.1, -0.05) is 18.5 Å². The topological polar surface area (TPSA) is 25.8 Å². The third kappa shape index (κ3) is 3.10. The van der Waals surface area contributed by atoms with E-state index in [4.69, 9.17) is 11.6 Å². The number of hydrogen-bond acceptors (Lipinski definition) is 2. The van der Waals surface area contributed by atoms with Gasteiger partial charge in [-0.2, -0.15) is 0 Å². The average Bonchev–Trinajstić information content (AvgIpc) is 2.32. The summed E-state index contributed by atoms with van der Waals surface area (Å²) in [7, 11) is 0. The SMILES string of the molecule is CCCc1nc(Cl)c(C)c(-c2cc(C)cc(F)c2)n1. The minimum absolute atomic E-state index is 0.263. The number of hydrogen-bond donors (Lipinski definition) is 0. The molecule has 0 fully saturated rings. The van der Waals surface area contributed by atoms with Crippen molar-refractivity contribution in [2.75, 3.05) is 0 Å². The van der Waals surface area contributed by atoms with Crippen molar-refractivity contribution in [3.05, 3.63) is 46.1 Å². The predicted molar refractivity (Wildman–Crippen MR) is 75.9 cm³/mol. The van der Waals surface area contributed by atoms with E-state index in [1.165, 1.54) is 12.1 Å². The Morgan fingerprint density at radius 2 is 1.89 bits per heavy atom. The Bertz CT molecular complexity index is 591. The Labute approximate surface area is 117 Å². The van der Waals surface area contributed by atoms with Crippen molar-refractivity contribution in [2.45, 2.75) is 33.6 Å². The summed E-state index contributed by atoms with van der Waals surface area (Å²) in [5.41, 5.74) is 3.11. The van der Waals surface area contributed by atoms with E-state index in [1.54, 1.807) is 0 Å². The van der Waals surface area contributed by atoms with E-state index in [2.05, 4.69) is 16.9 Å². The normalized spacial score (nSPS) is 10.8. The summed E-state index contributed by atoms with van der Waals surface area (Å²) in [5, 5.41) is 0.440. The van der Waals surface area contributed by atoms with Crippen LogP contribution in [0.4, 0.5) is 4.39 Å². The van der Waals surface area contributed by atoms with Crippen LogP contribution in [0.3, 0.4) is 0 Å². The van der Waals surface area contributed by atoms with Crippen molar-refractivity contribution in [1.82, 2.24) is 9.97 Å². The molecule has 0 unspecified atom stereocenters. The summed E-state index contributed by atoms with van der Waals surface area (Å²) >= 11 is 6.14. The zero-order chi connectivity index (χ0) is 14.0. The second-order valence-electron chi connectivity index (χ2n) is 4.67. The van der Waals surface area contributed by atoms with Crippen molar-refractivity contribution < 1.29 is 4.39 Å². The minimum Gasteiger partial charge on any atom is -0.233 e. The van der Waals surface area contributed by atoms with Gasteiger partial charge in [0.2, 0.25) is 0 Å². The first-order chi connectivity index (χ1) is 9.01. The molecule has 0 amide bonds. The maximum absolute atomic E-state index is 13.5. The van der Waals surface area contributed by atoms with Crippen LogP contribution in [-0.4, -0.2) is 9.97 Å². The molecule has 100 valence electrons. The lowest BCUT2D eigenvalue weighted by atomic mass is 10.0. The zero-order valence-corrected chi connectivity index (χ0v) is 12.1. The third-order valence-corrected chi connectivity index (χ3v) is 3.29. The van der Waals surface area contributed by atoms with Gasteiger partial charge in [-0.05, 0) is 44.0 Å². The van der Waals surface area contributed by atoms with E-state index in [-0.39, 0.29) is 5.82 Å². The first-order valence-corrected chi connectivity index (χ1v) is 6.69. The van der Waals surface area contributed by atoms with E-state index in [9.17, 15) is 4.39 Å². The molecule has 0 aliphatic heterocycles. The third-order valence-electron chi connectivity index (χ3n) is 2.92. The van der Waals surface area contributed by atoms with Crippen LogP contribution in [0.2, 0.25) is 5.15 Å². The van der Waals surface area contributed by atoms with Gasteiger partial charge in [-0.15, -0.1) is 0 Å². The van der Waals surface area contributed by atoms with E-state index in [1.807, 2.05) is 19.9 Å². The fourth-order valence-corrected chi connectivity index (χ4v) is 2.21. The number of rotatable bonds is 3. The molecule has 1 heterocycles. The van der Waals surface area contributed by atoms with Gasteiger partial charge in [0.25, 0.3) is 0 Å². The van der Waals surface area contributed by atoms with Crippen LogP contribution < -0.4 is 0 Å². The second-order valence-corrected chi connectivity index (χ2v) is 5.03. The fourth-order valence-electron chi connectivity index (χ4n) is 2.02. The number of aryl methyl sites for hydroxylation is 2. The van der Waals surface area contributed by atoms with Crippen LogP contribution >= 0.6 is 11.6 Å². The van der Waals surface area contributed by atoms with Crippen molar-refractivity contribution >= 4 is 11.6 Å². The van der Waals surface area contributed by atoms with Gasteiger partial charge < -0.3 is 0 Å². The molecular formula is C15H16ClFN2. The molecule has 2 aromatic rings. The van der Waals surface area contributed by atoms with Gasteiger partial charge in [0.1, 0.15) is 16.8 Å². The van der Waals surface area contributed by atoms with E-state index in [0.717, 1.165) is 29.5 Å². The van der Waals surface area contributed by atoms with Gasteiger partial charge >= 0.3 is 0 Å². The summed E-state index contributed by atoms with van der Waals surface area (Å²) < 4.78 is 13.5. The van der Waals surface area contributed by atoms with E-state index < -0.39 is 0 Å². The molecule has 0 bridgehead atoms. The Morgan fingerprint density at radius 1 is 1.16 bits per heavy atom. The van der Waals surface area contributed by atoms with Crippen LogP contribution in [0, 0.1) is 19.7 Å². The highest BCUT2D eigenvalue weighted by Crippen LogP contribution is 2.27. The molecule has 1 aromatic carbocycles. The van der Waals surface area contributed by atoms with Crippen LogP contribution in [0.25, 0.3) is 11.3 Å². The maximum atomic E-state index is 13.5. The van der Waals surface area contributed by atoms with Gasteiger partial charge in [-0.3, -0.25) is 0 Å². The zero-order valence-electron chi connectivity index (χ0n) is 11.3. The molecular weight excluding hydrogens is 263 g/mol. The summed E-state index contributed by atoms with van der Waals surface area (Å²) in [6.45, 7) is 5.77. The molecule has 0 radical (unpaired) electrons. The fraction of sp³-hybridized carbons (Fsp3) is 0.333. The van der Waals surface area contributed by atoms with Crippen LogP contribution in [-0.2, 0) is 6.42 Å². The Balaban J connectivity index is 2.59. The molecule has 2 nitrogen and oxygen atoms in total. The number of nitrogens with zero attached hydrogens (tertiary/aromatic N) is 2. The quantitative estimate of drug-likeness (QED) is 0.772. The number of halogens is 2. The highest BCUT2D eigenvalue weighted by Gasteiger charge is 2.12. The van der Waals surface area contributed by atoms with Crippen molar-refractivity contribution in [2.24, 2.45) is 0 Å². The van der Waals surface area contributed by atoms with Crippen molar-refractivity contribution in [1.29, 1.82) is 0 Å². The average molecular weight is 279 g/mol. The number of aromatic nitrogens is 2. The molecule has 0 aliphatic carbocycles. The molecule has 4 heteroatoms. The van der Waals surface area contributed by atoms with Crippen molar-refractivity contribution in [3.63, 3.8) is 0 Å². The first-order valence-electron chi connectivity index (χ1n) is 6.32. The Hall–Kier alpha value is -1.48. The lowest BCUT2D eigenvalue weighted by molar-refractivity contribution is 0.627. The highest BCUT2D eigenvalue weighted by atomic mass is 35.5. The predicted octanol–water partition coefficient (Wildman–Crippen LogP) is 4.51. The van der Waals surface area contributed by atoms with E-state index in [0.29, 0.717) is 16.7 Å². The maximum Gasteiger partial charge on any atom is 0.136 e. The molecule has 19 heavy (non-hydrogen) atoms. The summed E-state index contributed by atoms with van der Waals surface area (Å²) in [4.78, 5) is 8.77. The second kappa shape index (κ2) is 5.66. The summed E-state index contributed by atoms with van der Waals surface area (Å²) in [6.07, 6.45) is 1.71. The minimum atomic E-state index is -0.263. The molecule has 1 aromatic heterocycles. The van der Waals surface area contributed by atoms with E-state index >= 15 is 0 Å². The Kier molecular flexibility index (Phi) is 4.15. The highest BCUT2D eigenvalue weighted by molar-refractivity contribution is 6.30. The molecule has 0 saturated heterocycles. The standard InChI is InChI=1S/C15H16ClFN2/c1-4-5-13-18-14(10(3)15(16)19-13)11-6-9(2)7-12(17)8-11/h6-8H,4-5H2,1-3H3. The smallest absolute Gasteiger partial charge is 0.136 e. The Morgan fingerprint density at radius 3 is 2.53 bits per heavy atom. The van der Waals surface area contributed by atoms with Gasteiger partial charge in [0, 0.05) is 17.5 Å². The summed E-state index contributed by atoms with van der Waals surface area (Å²) in [6, 6.07) is 4.88. The monoisotopic (exact) mass is 278 g/mol. The van der Waals surface area contributed by atoms with Crippen LogP contribution in [0.1, 0.15) is 30.3 Å². The van der Waals surface area contributed by atoms with Gasteiger partial charge in [-0.25, -0.2) is 14.4 Å². The number of benzene rings is 1. The van der Waals surface area contributed by atoms with Crippen molar-refractivity contribution in [3.8, 4) is 11.3 Å². The van der Waals surface area contributed by atoms with Gasteiger partial charge in [0.05, 0.1) is 5.69 Å². The van der Waals surface area contributed by atoms with Crippen LogP contribution in [0.5, 0.6) is 0 Å². The molecule has 0 spiro atoms. The largest absolute Gasteiger partial charge is 0.233 e. The lowest BCUT2D eigenvalue weighted by Gasteiger charge is -2.10.